The second kappa shape index (κ2) is 5.83. The highest BCUT2D eigenvalue weighted by Gasteiger charge is 2.27. The van der Waals surface area contributed by atoms with Crippen LogP contribution in [-0.2, 0) is 16.0 Å². The SMILES string of the molecule is CCc1cc(C(=O)N2CCOC(CC(=O)O)C2)n[nH]1. The number of nitrogens with zero attached hydrogens (tertiary/aromatic N) is 2. The fourth-order valence-corrected chi connectivity index (χ4v) is 2.04. The number of morpholine rings is 1. The molecule has 1 aromatic rings. The number of carboxylic acid groups (broad SMARTS) is 1. The predicted molar refractivity (Wildman–Crippen MR) is 65.9 cm³/mol. The molecule has 7 heteroatoms. The molecule has 0 spiro atoms. The van der Waals surface area contributed by atoms with Crippen LogP contribution in [0, 0.1) is 0 Å². The number of aryl methyl sites for hydroxylation is 1. The maximum Gasteiger partial charge on any atom is 0.306 e. The third-order valence-corrected chi connectivity index (χ3v) is 3.06. The van der Waals surface area contributed by atoms with Gasteiger partial charge in [-0.3, -0.25) is 14.7 Å². The molecule has 1 amide bonds. The number of nitrogens with one attached hydrogen (secondary N) is 1. The zero-order valence-corrected chi connectivity index (χ0v) is 10.8. The van der Waals surface area contributed by atoms with E-state index in [9.17, 15) is 9.59 Å². The standard InChI is InChI=1S/C12H17N3O4/c1-2-8-5-10(14-13-8)12(18)15-3-4-19-9(7-15)6-11(16)17/h5,9H,2-4,6-7H2,1H3,(H,13,14)(H,16,17). The summed E-state index contributed by atoms with van der Waals surface area (Å²) in [5.74, 6) is -1.11. The van der Waals surface area contributed by atoms with Crippen LogP contribution in [-0.4, -0.2) is 57.9 Å². The number of aromatic nitrogens is 2. The lowest BCUT2D eigenvalue weighted by Crippen LogP contribution is -2.46. The molecular weight excluding hydrogens is 250 g/mol. The van der Waals surface area contributed by atoms with Crippen molar-refractivity contribution in [2.75, 3.05) is 19.7 Å². The number of carboxylic acids is 1. The molecular formula is C12H17N3O4. The molecule has 0 aliphatic carbocycles. The highest BCUT2D eigenvalue weighted by molar-refractivity contribution is 5.92. The fourth-order valence-electron chi connectivity index (χ4n) is 2.04. The number of aromatic amines is 1. The van der Waals surface area contributed by atoms with Crippen LogP contribution < -0.4 is 0 Å². The minimum atomic E-state index is -0.924. The summed E-state index contributed by atoms with van der Waals surface area (Å²) >= 11 is 0. The quantitative estimate of drug-likeness (QED) is 0.817. The van der Waals surface area contributed by atoms with Crippen LogP contribution >= 0.6 is 0 Å². The summed E-state index contributed by atoms with van der Waals surface area (Å²) in [5.41, 5.74) is 1.27. The summed E-state index contributed by atoms with van der Waals surface area (Å²) in [4.78, 5) is 24.4. The number of hydrogen-bond acceptors (Lipinski definition) is 4. The highest BCUT2D eigenvalue weighted by atomic mass is 16.5. The van der Waals surface area contributed by atoms with Crippen molar-refractivity contribution in [3.05, 3.63) is 17.5 Å². The van der Waals surface area contributed by atoms with E-state index in [-0.39, 0.29) is 12.3 Å². The van der Waals surface area contributed by atoms with E-state index in [0.717, 1.165) is 12.1 Å². The number of rotatable bonds is 4. The van der Waals surface area contributed by atoms with Crippen LogP contribution in [0.25, 0.3) is 0 Å². The van der Waals surface area contributed by atoms with Gasteiger partial charge in [-0.15, -0.1) is 0 Å². The van der Waals surface area contributed by atoms with E-state index in [2.05, 4.69) is 10.2 Å². The zero-order chi connectivity index (χ0) is 13.8. The first kappa shape index (κ1) is 13.5. The first-order valence-corrected chi connectivity index (χ1v) is 6.27. The second-order valence-electron chi connectivity index (χ2n) is 4.47. The van der Waals surface area contributed by atoms with E-state index in [1.54, 1.807) is 11.0 Å². The molecule has 0 radical (unpaired) electrons. The molecule has 104 valence electrons. The smallest absolute Gasteiger partial charge is 0.306 e. The third-order valence-electron chi connectivity index (χ3n) is 3.06. The Kier molecular flexibility index (Phi) is 4.16. The van der Waals surface area contributed by atoms with Gasteiger partial charge in [0.25, 0.3) is 5.91 Å². The molecule has 1 saturated heterocycles. The number of H-pyrrole nitrogens is 1. The zero-order valence-electron chi connectivity index (χ0n) is 10.8. The molecule has 1 atom stereocenters. The van der Waals surface area contributed by atoms with Gasteiger partial charge in [0, 0.05) is 18.8 Å². The Bertz CT molecular complexity index is 471. The molecule has 1 aliphatic heterocycles. The van der Waals surface area contributed by atoms with Gasteiger partial charge < -0.3 is 14.7 Å². The fraction of sp³-hybridized carbons (Fsp3) is 0.583. The molecule has 2 N–H and O–H groups in total. The lowest BCUT2D eigenvalue weighted by Gasteiger charge is -2.31. The summed E-state index contributed by atoms with van der Waals surface area (Å²) in [6.45, 7) is 3.08. The minimum absolute atomic E-state index is 0.0927. The molecule has 1 aromatic heterocycles. The molecule has 7 nitrogen and oxygen atoms in total. The van der Waals surface area contributed by atoms with Crippen LogP contribution in [0.1, 0.15) is 29.5 Å². The van der Waals surface area contributed by atoms with Crippen molar-refractivity contribution >= 4 is 11.9 Å². The van der Waals surface area contributed by atoms with Crippen LogP contribution in [0.5, 0.6) is 0 Å². The van der Waals surface area contributed by atoms with E-state index in [1.807, 2.05) is 6.92 Å². The summed E-state index contributed by atoms with van der Waals surface area (Å²) in [7, 11) is 0. The minimum Gasteiger partial charge on any atom is -0.481 e. The highest BCUT2D eigenvalue weighted by Crippen LogP contribution is 2.12. The Morgan fingerprint density at radius 2 is 2.42 bits per heavy atom. The number of ether oxygens (including phenoxy) is 1. The first-order chi connectivity index (χ1) is 9.10. The molecule has 19 heavy (non-hydrogen) atoms. The van der Waals surface area contributed by atoms with Crippen molar-refractivity contribution in [2.45, 2.75) is 25.9 Å². The summed E-state index contributed by atoms with van der Waals surface area (Å²) in [5, 5.41) is 15.5. The van der Waals surface area contributed by atoms with Gasteiger partial charge in [0.2, 0.25) is 0 Å². The molecule has 0 bridgehead atoms. The van der Waals surface area contributed by atoms with E-state index < -0.39 is 12.1 Å². The van der Waals surface area contributed by atoms with Gasteiger partial charge in [-0.1, -0.05) is 6.92 Å². The van der Waals surface area contributed by atoms with Gasteiger partial charge in [-0.25, -0.2) is 0 Å². The van der Waals surface area contributed by atoms with Gasteiger partial charge in [0.1, 0.15) is 5.69 Å². The lowest BCUT2D eigenvalue weighted by molar-refractivity contribution is -0.141. The first-order valence-electron chi connectivity index (χ1n) is 6.27. The maximum absolute atomic E-state index is 12.2. The molecule has 0 aromatic carbocycles. The van der Waals surface area contributed by atoms with Gasteiger partial charge >= 0.3 is 5.97 Å². The Morgan fingerprint density at radius 3 is 3.05 bits per heavy atom. The Balaban J connectivity index is 2.00. The molecule has 1 fully saturated rings. The summed E-state index contributed by atoms with van der Waals surface area (Å²) < 4.78 is 5.33. The Labute approximate surface area is 110 Å². The Hall–Kier alpha value is -1.89. The van der Waals surface area contributed by atoms with Crippen LogP contribution in [0.15, 0.2) is 6.07 Å². The van der Waals surface area contributed by atoms with Crippen LogP contribution in [0.4, 0.5) is 0 Å². The maximum atomic E-state index is 12.2. The average molecular weight is 267 g/mol. The number of amides is 1. The van der Waals surface area contributed by atoms with Gasteiger partial charge in [0.05, 0.1) is 19.1 Å². The van der Waals surface area contributed by atoms with Crippen molar-refractivity contribution in [1.29, 1.82) is 0 Å². The second-order valence-corrected chi connectivity index (χ2v) is 4.47. The van der Waals surface area contributed by atoms with E-state index in [0.29, 0.717) is 25.4 Å². The van der Waals surface area contributed by atoms with Crippen molar-refractivity contribution < 1.29 is 19.4 Å². The normalized spacial score (nSPS) is 19.4. The average Bonchev–Trinajstić information content (AvgIpc) is 2.86. The number of hydrogen-bond donors (Lipinski definition) is 2. The Morgan fingerprint density at radius 1 is 1.63 bits per heavy atom. The monoisotopic (exact) mass is 267 g/mol. The van der Waals surface area contributed by atoms with Crippen molar-refractivity contribution in [2.24, 2.45) is 0 Å². The summed E-state index contributed by atoms with van der Waals surface area (Å²) in [6.07, 6.45) is 0.245. The van der Waals surface area contributed by atoms with E-state index in [1.165, 1.54) is 0 Å². The van der Waals surface area contributed by atoms with Crippen molar-refractivity contribution in [3.63, 3.8) is 0 Å². The van der Waals surface area contributed by atoms with Crippen LogP contribution in [0.3, 0.4) is 0 Å². The molecule has 1 aliphatic rings. The topological polar surface area (TPSA) is 95.5 Å². The van der Waals surface area contributed by atoms with Gasteiger partial charge in [0.15, 0.2) is 0 Å². The lowest BCUT2D eigenvalue weighted by atomic mass is 10.2. The van der Waals surface area contributed by atoms with Crippen molar-refractivity contribution in [3.8, 4) is 0 Å². The van der Waals surface area contributed by atoms with E-state index >= 15 is 0 Å². The molecule has 2 heterocycles. The third kappa shape index (κ3) is 3.31. The molecule has 2 rings (SSSR count). The number of carbonyl (C=O) groups is 2. The number of aliphatic carboxylic acids is 1. The summed E-state index contributed by atoms with van der Waals surface area (Å²) in [6, 6.07) is 1.73. The molecule has 0 saturated carbocycles. The molecule has 1 unspecified atom stereocenters. The van der Waals surface area contributed by atoms with Gasteiger partial charge in [-0.05, 0) is 12.5 Å². The van der Waals surface area contributed by atoms with Crippen molar-refractivity contribution in [1.82, 2.24) is 15.1 Å². The predicted octanol–water partition coefficient (Wildman–Crippen LogP) is 0.288. The van der Waals surface area contributed by atoms with Gasteiger partial charge in [-0.2, -0.15) is 5.10 Å². The van der Waals surface area contributed by atoms with Crippen LogP contribution in [0.2, 0.25) is 0 Å². The van der Waals surface area contributed by atoms with E-state index in [4.69, 9.17) is 9.84 Å². The number of carbonyl (C=O) groups excluding carboxylic acids is 1. The largest absolute Gasteiger partial charge is 0.481 e.